The lowest BCUT2D eigenvalue weighted by Crippen LogP contribution is -2.36. The number of benzene rings is 2. The monoisotopic (exact) mass is 312 g/mol. The van der Waals surface area contributed by atoms with Gasteiger partial charge in [0.05, 0.1) is 11.3 Å². The first kappa shape index (κ1) is 15.0. The van der Waals surface area contributed by atoms with E-state index < -0.39 is 4.92 Å². The van der Waals surface area contributed by atoms with Crippen LogP contribution in [-0.4, -0.2) is 27.4 Å². The maximum Gasteiger partial charge on any atom is 0.269 e. The molecule has 1 aliphatic rings. The number of hydrogen-bond donors (Lipinski definition) is 1. The minimum atomic E-state index is -0.423. The Morgan fingerprint density at radius 2 is 2.04 bits per heavy atom. The minimum Gasteiger partial charge on any atom is -0.508 e. The third kappa shape index (κ3) is 3.31. The van der Waals surface area contributed by atoms with Crippen LogP contribution in [0.5, 0.6) is 5.75 Å². The average molecular weight is 312 g/mol. The second-order valence-corrected chi connectivity index (χ2v) is 5.62. The van der Waals surface area contributed by atoms with E-state index in [2.05, 4.69) is 0 Å². The molecule has 0 radical (unpaired) electrons. The molecular weight excluding hydrogens is 296 g/mol. The largest absolute Gasteiger partial charge is 0.508 e. The van der Waals surface area contributed by atoms with Crippen LogP contribution in [0, 0.1) is 10.1 Å². The molecule has 2 aromatic rings. The predicted octanol–water partition coefficient (Wildman–Crippen LogP) is 2.43. The molecule has 0 aromatic heterocycles. The van der Waals surface area contributed by atoms with E-state index in [-0.39, 0.29) is 23.8 Å². The number of non-ortho nitro benzene ring substituents is 1. The predicted molar refractivity (Wildman–Crippen MR) is 84.0 cm³/mol. The van der Waals surface area contributed by atoms with E-state index in [0.717, 1.165) is 16.7 Å². The van der Waals surface area contributed by atoms with Crippen molar-refractivity contribution in [3.8, 4) is 5.75 Å². The molecule has 0 fully saturated rings. The van der Waals surface area contributed by atoms with Crippen LogP contribution in [-0.2, 0) is 24.2 Å². The second kappa shape index (κ2) is 6.08. The first-order valence-electron chi connectivity index (χ1n) is 7.35. The molecule has 1 N–H and O–H groups in total. The molecule has 23 heavy (non-hydrogen) atoms. The van der Waals surface area contributed by atoms with Gasteiger partial charge < -0.3 is 10.0 Å². The Morgan fingerprint density at radius 1 is 1.22 bits per heavy atom. The lowest BCUT2D eigenvalue weighted by molar-refractivity contribution is -0.385. The van der Waals surface area contributed by atoms with Gasteiger partial charge in [0.15, 0.2) is 0 Å². The summed E-state index contributed by atoms with van der Waals surface area (Å²) >= 11 is 0. The van der Waals surface area contributed by atoms with Crippen LogP contribution in [0.15, 0.2) is 42.5 Å². The first-order valence-corrected chi connectivity index (χ1v) is 7.35. The number of amides is 1. The molecule has 6 heteroatoms. The quantitative estimate of drug-likeness (QED) is 0.697. The maximum absolute atomic E-state index is 12.4. The maximum atomic E-state index is 12.4. The molecule has 1 heterocycles. The van der Waals surface area contributed by atoms with Crippen molar-refractivity contribution in [2.24, 2.45) is 0 Å². The number of phenolic OH excluding ortho intramolecular Hbond substituents is 1. The third-order valence-electron chi connectivity index (χ3n) is 4.03. The van der Waals surface area contributed by atoms with Gasteiger partial charge in [-0.15, -0.1) is 0 Å². The molecule has 6 nitrogen and oxygen atoms in total. The number of nitrogens with zero attached hydrogens (tertiary/aromatic N) is 2. The van der Waals surface area contributed by atoms with Gasteiger partial charge in [0.2, 0.25) is 5.91 Å². The zero-order valence-electron chi connectivity index (χ0n) is 12.4. The Bertz CT molecular complexity index is 773. The van der Waals surface area contributed by atoms with Crippen LogP contribution in [0.2, 0.25) is 0 Å². The van der Waals surface area contributed by atoms with Crippen LogP contribution in [0.1, 0.15) is 16.7 Å². The molecule has 118 valence electrons. The highest BCUT2D eigenvalue weighted by atomic mass is 16.6. The standard InChI is InChI=1S/C17H16N2O4/c20-16-3-1-2-12(8-16)9-17(21)18-7-6-13-4-5-15(19(22)23)10-14(13)11-18/h1-5,8,10,20H,6-7,9,11H2. The zero-order valence-corrected chi connectivity index (χ0v) is 12.4. The highest BCUT2D eigenvalue weighted by Gasteiger charge is 2.22. The number of rotatable bonds is 3. The number of aromatic hydroxyl groups is 1. The molecule has 0 aliphatic carbocycles. The van der Waals surface area contributed by atoms with Gasteiger partial charge in [-0.05, 0) is 35.2 Å². The summed E-state index contributed by atoms with van der Waals surface area (Å²) in [6.45, 7) is 0.983. The van der Waals surface area contributed by atoms with Crippen molar-refractivity contribution in [3.05, 3.63) is 69.3 Å². The second-order valence-electron chi connectivity index (χ2n) is 5.62. The Labute approximate surface area is 133 Å². The van der Waals surface area contributed by atoms with Gasteiger partial charge >= 0.3 is 0 Å². The van der Waals surface area contributed by atoms with Crippen LogP contribution >= 0.6 is 0 Å². The van der Waals surface area contributed by atoms with Crippen molar-refractivity contribution >= 4 is 11.6 Å². The molecule has 1 aliphatic heterocycles. The molecule has 1 amide bonds. The van der Waals surface area contributed by atoms with E-state index in [0.29, 0.717) is 19.5 Å². The van der Waals surface area contributed by atoms with Crippen LogP contribution in [0.3, 0.4) is 0 Å². The first-order chi connectivity index (χ1) is 11.0. The average Bonchev–Trinajstić information content (AvgIpc) is 2.53. The van der Waals surface area contributed by atoms with E-state index in [1.54, 1.807) is 41.3 Å². The highest BCUT2D eigenvalue weighted by Crippen LogP contribution is 2.24. The molecule has 0 unspecified atom stereocenters. The van der Waals surface area contributed by atoms with Crippen molar-refractivity contribution in [3.63, 3.8) is 0 Å². The van der Waals surface area contributed by atoms with Gasteiger partial charge in [-0.1, -0.05) is 18.2 Å². The number of nitro groups is 1. The summed E-state index contributed by atoms with van der Waals surface area (Å²) in [6.07, 6.45) is 0.901. The lowest BCUT2D eigenvalue weighted by atomic mass is 9.98. The molecular formula is C17H16N2O4. The van der Waals surface area contributed by atoms with Crippen molar-refractivity contribution in [2.75, 3.05) is 6.54 Å². The van der Waals surface area contributed by atoms with Gasteiger partial charge in [0, 0.05) is 25.2 Å². The number of carbonyl (C=O) groups is 1. The Morgan fingerprint density at radius 3 is 2.78 bits per heavy atom. The van der Waals surface area contributed by atoms with Crippen LogP contribution in [0.25, 0.3) is 0 Å². The summed E-state index contributed by atoms with van der Waals surface area (Å²) in [5.74, 6) is 0.0858. The van der Waals surface area contributed by atoms with Gasteiger partial charge in [0.1, 0.15) is 5.75 Å². The molecule has 2 aromatic carbocycles. The van der Waals surface area contributed by atoms with Gasteiger partial charge in [-0.3, -0.25) is 14.9 Å². The molecule has 0 saturated carbocycles. The number of hydrogen-bond acceptors (Lipinski definition) is 4. The summed E-state index contributed by atoms with van der Waals surface area (Å²) in [6, 6.07) is 11.4. The summed E-state index contributed by atoms with van der Waals surface area (Å²) in [4.78, 5) is 24.6. The van der Waals surface area contributed by atoms with E-state index in [4.69, 9.17) is 0 Å². The molecule has 0 saturated heterocycles. The van der Waals surface area contributed by atoms with Crippen molar-refractivity contribution in [1.29, 1.82) is 0 Å². The normalized spacial score (nSPS) is 13.5. The SMILES string of the molecule is O=C(Cc1cccc(O)c1)N1CCc2ccc([N+](=O)[O-])cc2C1. The third-order valence-corrected chi connectivity index (χ3v) is 4.03. The van der Waals surface area contributed by atoms with Crippen molar-refractivity contribution in [1.82, 2.24) is 4.90 Å². The fraction of sp³-hybridized carbons (Fsp3) is 0.235. The van der Waals surface area contributed by atoms with E-state index >= 15 is 0 Å². The Balaban J connectivity index is 1.74. The topological polar surface area (TPSA) is 83.7 Å². The highest BCUT2D eigenvalue weighted by molar-refractivity contribution is 5.79. The summed E-state index contributed by atoms with van der Waals surface area (Å²) in [5, 5.41) is 20.3. The fourth-order valence-electron chi connectivity index (χ4n) is 2.82. The van der Waals surface area contributed by atoms with E-state index in [9.17, 15) is 20.0 Å². The van der Waals surface area contributed by atoms with Gasteiger partial charge in [0.25, 0.3) is 5.69 Å². The van der Waals surface area contributed by atoms with Crippen molar-refractivity contribution < 1.29 is 14.8 Å². The van der Waals surface area contributed by atoms with E-state index in [1.165, 1.54) is 6.07 Å². The Hall–Kier alpha value is -2.89. The van der Waals surface area contributed by atoms with Gasteiger partial charge in [-0.2, -0.15) is 0 Å². The zero-order chi connectivity index (χ0) is 16.4. The number of fused-ring (bicyclic) bond motifs is 1. The van der Waals surface area contributed by atoms with Gasteiger partial charge in [-0.25, -0.2) is 0 Å². The number of nitro benzene ring substituents is 1. The smallest absolute Gasteiger partial charge is 0.269 e. The van der Waals surface area contributed by atoms with E-state index in [1.807, 2.05) is 0 Å². The Kier molecular flexibility index (Phi) is 3.97. The molecule has 0 spiro atoms. The molecule has 0 atom stereocenters. The number of phenols is 1. The van der Waals surface area contributed by atoms with Crippen LogP contribution in [0.4, 0.5) is 5.69 Å². The minimum absolute atomic E-state index is 0.0473. The summed E-state index contributed by atoms with van der Waals surface area (Å²) < 4.78 is 0. The number of carbonyl (C=O) groups excluding carboxylic acids is 1. The summed E-state index contributed by atoms with van der Waals surface area (Å²) in [5.41, 5.74) is 2.68. The molecule has 3 rings (SSSR count). The van der Waals surface area contributed by atoms with Crippen molar-refractivity contribution in [2.45, 2.75) is 19.4 Å². The summed E-state index contributed by atoms with van der Waals surface area (Å²) in [7, 11) is 0. The fourth-order valence-corrected chi connectivity index (χ4v) is 2.82. The lowest BCUT2D eigenvalue weighted by Gasteiger charge is -2.29. The molecule has 0 bridgehead atoms. The van der Waals surface area contributed by atoms with Crippen LogP contribution < -0.4 is 0 Å².